The highest BCUT2D eigenvalue weighted by atomic mass is 79.9. The molecular weight excluding hydrogens is 309 g/mol. The van der Waals surface area contributed by atoms with Gasteiger partial charge in [0, 0.05) is 11.0 Å². The van der Waals surface area contributed by atoms with Crippen LogP contribution in [0.3, 0.4) is 0 Å². The molecule has 0 atom stereocenters. The highest BCUT2D eigenvalue weighted by Crippen LogP contribution is 2.23. The number of rotatable bonds is 4. The van der Waals surface area contributed by atoms with Crippen LogP contribution in [0.4, 0.5) is 4.39 Å². The van der Waals surface area contributed by atoms with Crippen molar-refractivity contribution >= 4 is 15.9 Å². The van der Waals surface area contributed by atoms with Gasteiger partial charge >= 0.3 is 0 Å². The van der Waals surface area contributed by atoms with Gasteiger partial charge in [0.2, 0.25) is 0 Å². The minimum absolute atomic E-state index is 0.275. The Morgan fingerprint density at radius 1 is 1.16 bits per heavy atom. The van der Waals surface area contributed by atoms with Crippen molar-refractivity contribution < 1.29 is 9.13 Å². The van der Waals surface area contributed by atoms with Gasteiger partial charge in [-0.2, -0.15) is 0 Å². The third kappa shape index (κ3) is 3.55. The SMILES string of the molecule is Cc1cc(Br)ccc1OCc1cc(F)ccc1CN. The summed E-state index contributed by atoms with van der Waals surface area (Å²) in [5.74, 6) is 0.513. The zero-order valence-corrected chi connectivity index (χ0v) is 12.2. The first-order valence-corrected chi connectivity index (χ1v) is 6.76. The normalized spacial score (nSPS) is 10.5. The van der Waals surface area contributed by atoms with Crippen molar-refractivity contribution in [2.24, 2.45) is 5.73 Å². The largest absolute Gasteiger partial charge is 0.489 e. The first kappa shape index (κ1) is 14.0. The van der Waals surface area contributed by atoms with Crippen molar-refractivity contribution in [2.45, 2.75) is 20.1 Å². The van der Waals surface area contributed by atoms with Crippen LogP contribution in [-0.2, 0) is 13.2 Å². The molecule has 0 unspecified atom stereocenters. The molecule has 100 valence electrons. The van der Waals surface area contributed by atoms with Crippen LogP contribution in [0.15, 0.2) is 40.9 Å². The summed E-state index contributed by atoms with van der Waals surface area (Å²) in [6.45, 7) is 2.65. The van der Waals surface area contributed by atoms with Gasteiger partial charge < -0.3 is 10.5 Å². The van der Waals surface area contributed by atoms with Gasteiger partial charge in [0.05, 0.1) is 0 Å². The number of hydrogen-bond donors (Lipinski definition) is 1. The first-order chi connectivity index (χ1) is 9.10. The molecule has 19 heavy (non-hydrogen) atoms. The van der Waals surface area contributed by atoms with Crippen LogP contribution in [-0.4, -0.2) is 0 Å². The smallest absolute Gasteiger partial charge is 0.123 e. The average molecular weight is 324 g/mol. The standard InChI is InChI=1S/C15H15BrFNO/c1-10-6-13(16)3-5-15(10)19-9-12-7-14(17)4-2-11(12)8-18/h2-7H,8-9,18H2,1H3. The van der Waals surface area contributed by atoms with E-state index in [9.17, 15) is 4.39 Å². The predicted molar refractivity (Wildman–Crippen MR) is 77.5 cm³/mol. The first-order valence-electron chi connectivity index (χ1n) is 5.96. The van der Waals surface area contributed by atoms with E-state index in [1.807, 2.05) is 25.1 Å². The van der Waals surface area contributed by atoms with Gasteiger partial charge in [-0.05, 0) is 53.9 Å². The fraction of sp³-hybridized carbons (Fsp3) is 0.200. The van der Waals surface area contributed by atoms with E-state index in [1.165, 1.54) is 12.1 Å². The number of hydrogen-bond acceptors (Lipinski definition) is 2. The fourth-order valence-electron chi connectivity index (χ4n) is 1.86. The summed E-state index contributed by atoms with van der Waals surface area (Å²) in [6.07, 6.45) is 0. The lowest BCUT2D eigenvalue weighted by molar-refractivity contribution is 0.302. The molecule has 0 saturated heterocycles. The van der Waals surface area contributed by atoms with Crippen molar-refractivity contribution in [3.63, 3.8) is 0 Å². The van der Waals surface area contributed by atoms with Crippen LogP contribution in [0.25, 0.3) is 0 Å². The predicted octanol–water partition coefficient (Wildman–Crippen LogP) is 3.93. The number of aryl methyl sites for hydroxylation is 1. The van der Waals surface area contributed by atoms with Crippen LogP contribution in [0.5, 0.6) is 5.75 Å². The molecule has 0 amide bonds. The summed E-state index contributed by atoms with van der Waals surface area (Å²) >= 11 is 3.40. The van der Waals surface area contributed by atoms with Gasteiger partial charge in [-0.25, -0.2) is 4.39 Å². The molecule has 0 aliphatic rings. The zero-order valence-electron chi connectivity index (χ0n) is 10.6. The van der Waals surface area contributed by atoms with Crippen LogP contribution in [0.1, 0.15) is 16.7 Å². The highest BCUT2D eigenvalue weighted by Gasteiger charge is 2.06. The van der Waals surface area contributed by atoms with Crippen LogP contribution in [0.2, 0.25) is 0 Å². The molecule has 0 spiro atoms. The second-order valence-electron chi connectivity index (χ2n) is 4.32. The Morgan fingerprint density at radius 3 is 2.63 bits per heavy atom. The third-order valence-corrected chi connectivity index (χ3v) is 3.40. The maximum Gasteiger partial charge on any atom is 0.123 e. The fourth-order valence-corrected chi connectivity index (χ4v) is 2.33. The van der Waals surface area contributed by atoms with Gasteiger partial charge in [-0.15, -0.1) is 0 Å². The van der Waals surface area contributed by atoms with E-state index in [1.54, 1.807) is 6.07 Å². The zero-order chi connectivity index (χ0) is 13.8. The van der Waals surface area contributed by atoms with Crippen molar-refractivity contribution in [1.82, 2.24) is 0 Å². The molecule has 2 N–H and O–H groups in total. The van der Waals surface area contributed by atoms with E-state index >= 15 is 0 Å². The van der Waals surface area contributed by atoms with Crippen LogP contribution < -0.4 is 10.5 Å². The van der Waals surface area contributed by atoms with E-state index in [0.717, 1.165) is 26.9 Å². The Kier molecular flexibility index (Phi) is 4.56. The van der Waals surface area contributed by atoms with E-state index < -0.39 is 0 Å². The molecule has 0 aliphatic heterocycles. The summed E-state index contributed by atoms with van der Waals surface area (Å²) in [5.41, 5.74) is 8.34. The monoisotopic (exact) mass is 323 g/mol. The van der Waals surface area contributed by atoms with Gasteiger partial charge in [-0.1, -0.05) is 22.0 Å². The molecule has 4 heteroatoms. The van der Waals surface area contributed by atoms with E-state index in [2.05, 4.69) is 15.9 Å². The quantitative estimate of drug-likeness (QED) is 0.925. The summed E-state index contributed by atoms with van der Waals surface area (Å²) in [5, 5.41) is 0. The van der Waals surface area contributed by atoms with Gasteiger partial charge in [-0.3, -0.25) is 0 Å². The van der Waals surface area contributed by atoms with Gasteiger partial charge in [0.25, 0.3) is 0 Å². The molecule has 0 heterocycles. The molecule has 2 rings (SSSR count). The summed E-state index contributed by atoms with van der Waals surface area (Å²) < 4.78 is 20.0. The molecule has 2 aromatic carbocycles. The molecule has 0 bridgehead atoms. The average Bonchev–Trinajstić information content (AvgIpc) is 2.38. The van der Waals surface area contributed by atoms with Crippen molar-refractivity contribution in [3.8, 4) is 5.75 Å². The maximum absolute atomic E-state index is 13.2. The van der Waals surface area contributed by atoms with E-state index in [4.69, 9.17) is 10.5 Å². The lowest BCUT2D eigenvalue weighted by Gasteiger charge is -2.12. The van der Waals surface area contributed by atoms with Gasteiger partial charge in [0.1, 0.15) is 18.2 Å². The Morgan fingerprint density at radius 2 is 1.95 bits per heavy atom. The summed E-state index contributed by atoms with van der Waals surface area (Å²) in [7, 11) is 0. The van der Waals surface area contributed by atoms with Crippen molar-refractivity contribution in [1.29, 1.82) is 0 Å². The second-order valence-corrected chi connectivity index (χ2v) is 5.23. The Bertz CT molecular complexity index is 586. The number of benzene rings is 2. The Hall–Kier alpha value is -1.39. The Balaban J connectivity index is 2.16. The summed E-state index contributed by atoms with van der Waals surface area (Å²) in [4.78, 5) is 0. The molecule has 0 aromatic heterocycles. The maximum atomic E-state index is 13.2. The molecule has 0 radical (unpaired) electrons. The third-order valence-electron chi connectivity index (χ3n) is 2.91. The molecule has 0 fully saturated rings. The van der Waals surface area contributed by atoms with E-state index in [-0.39, 0.29) is 5.82 Å². The summed E-state index contributed by atoms with van der Waals surface area (Å²) in [6, 6.07) is 10.4. The minimum atomic E-state index is -0.275. The second kappa shape index (κ2) is 6.17. The van der Waals surface area contributed by atoms with Crippen LogP contribution >= 0.6 is 15.9 Å². The molecule has 2 nitrogen and oxygen atoms in total. The molecule has 0 saturated carbocycles. The highest BCUT2D eigenvalue weighted by molar-refractivity contribution is 9.10. The Labute approximate surface area is 120 Å². The number of halogens is 2. The minimum Gasteiger partial charge on any atom is -0.489 e. The number of ether oxygens (including phenoxy) is 1. The number of nitrogens with two attached hydrogens (primary N) is 1. The topological polar surface area (TPSA) is 35.2 Å². The van der Waals surface area contributed by atoms with E-state index in [0.29, 0.717) is 13.2 Å². The molecule has 0 aliphatic carbocycles. The van der Waals surface area contributed by atoms with Crippen molar-refractivity contribution in [2.75, 3.05) is 0 Å². The molecular formula is C15H15BrFNO. The van der Waals surface area contributed by atoms with Crippen LogP contribution in [0, 0.1) is 12.7 Å². The van der Waals surface area contributed by atoms with Crippen molar-refractivity contribution in [3.05, 3.63) is 63.4 Å². The van der Waals surface area contributed by atoms with Gasteiger partial charge in [0.15, 0.2) is 0 Å². The molecule has 2 aromatic rings. The lowest BCUT2D eigenvalue weighted by atomic mass is 10.1. The lowest BCUT2D eigenvalue weighted by Crippen LogP contribution is -2.05.